The van der Waals surface area contributed by atoms with Crippen LogP contribution in [-0.2, 0) is 4.79 Å². The number of hydrogen-bond donors (Lipinski definition) is 3. The zero-order chi connectivity index (χ0) is 13.8. The molecule has 0 aliphatic rings. The SMILES string of the molecule is CNC(C)(CC(C)Sc1nccc(=O)[nH]1)C(=O)O. The third kappa shape index (κ3) is 3.85. The van der Waals surface area contributed by atoms with Crippen molar-refractivity contribution < 1.29 is 9.90 Å². The van der Waals surface area contributed by atoms with Crippen molar-refractivity contribution in [3.8, 4) is 0 Å². The van der Waals surface area contributed by atoms with Crippen molar-refractivity contribution >= 4 is 17.7 Å². The van der Waals surface area contributed by atoms with Crippen molar-refractivity contribution in [2.75, 3.05) is 7.05 Å². The van der Waals surface area contributed by atoms with E-state index in [0.29, 0.717) is 11.6 Å². The van der Waals surface area contributed by atoms with Crippen molar-refractivity contribution in [1.29, 1.82) is 0 Å². The van der Waals surface area contributed by atoms with Gasteiger partial charge in [0.2, 0.25) is 0 Å². The van der Waals surface area contributed by atoms with Gasteiger partial charge in [-0.15, -0.1) is 0 Å². The molecule has 0 fully saturated rings. The molecule has 0 bridgehead atoms. The smallest absolute Gasteiger partial charge is 0.323 e. The van der Waals surface area contributed by atoms with Crippen LogP contribution in [0.5, 0.6) is 0 Å². The summed E-state index contributed by atoms with van der Waals surface area (Å²) in [5.74, 6) is -0.896. The number of thioether (sulfide) groups is 1. The molecule has 0 aliphatic heterocycles. The van der Waals surface area contributed by atoms with E-state index in [9.17, 15) is 9.59 Å². The maximum absolute atomic E-state index is 11.1. The third-order valence-electron chi connectivity index (χ3n) is 2.68. The van der Waals surface area contributed by atoms with Crippen LogP contribution in [0, 0.1) is 0 Å². The van der Waals surface area contributed by atoms with E-state index in [1.165, 1.54) is 24.0 Å². The molecule has 1 heterocycles. The maximum atomic E-state index is 11.1. The lowest BCUT2D eigenvalue weighted by Crippen LogP contribution is -2.49. The van der Waals surface area contributed by atoms with Crippen LogP contribution in [0.3, 0.4) is 0 Å². The van der Waals surface area contributed by atoms with Crippen molar-refractivity contribution in [3.05, 3.63) is 22.6 Å². The third-order valence-corrected chi connectivity index (χ3v) is 3.68. The largest absolute Gasteiger partial charge is 0.480 e. The zero-order valence-corrected chi connectivity index (χ0v) is 11.4. The van der Waals surface area contributed by atoms with E-state index in [-0.39, 0.29) is 10.8 Å². The number of aliphatic carboxylic acids is 1. The maximum Gasteiger partial charge on any atom is 0.323 e. The van der Waals surface area contributed by atoms with Crippen LogP contribution in [0.25, 0.3) is 0 Å². The molecule has 18 heavy (non-hydrogen) atoms. The molecule has 2 unspecified atom stereocenters. The fourth-order valence-corrected chi connectivity index (χ4v) is 2.59. The number of aromatic amines is 1. The Morgan fingerprint density at radius 3 is 2.89 bits per heavy atom. The summed E-state index contributed by atoms with van der Waals surface area (Å²) < 4.78 is 0. The predicted octanol–water partition coefficient (Wildman–Crippen LogP) is 0.703. The van der Waals surface area contributed by atoms with Gasteiger partial charge in [0.25, 0.3) is 5.56 Å². The molecule has 0 amide bonds. The molecular weight excluding hydrogens is 254 g/mol. The summed E-state index contributed by atoms with van der Waals surface area (Å²) in [5.41, 5.74) is -1.20. The Morgan fingerprint density at radius 1 is 1.72 bits per heavy atom. The predicted molar refractivity (Wildman–Crippen MR) is 69.9 cm³/mol. The van der Waals surface area contributed by atoms with Crippen molar-refractivity contribution in [3.63, 3.8) is 0 Å². The summed E-state index contributed by atoms with van der Waals surface area (Å²) in [7, 11) is 1.62. The van der Waals surface area contributed by atoms with Crippen LogP contribution in [0.4, 0.5) is 0 Å². The van der Waals surface area contributed by atoms with E-state index in [0.717, 1.165) is 0 Å². The van der Waals surface area contributed by atoms with E-state index in [1.54, 1.807) is 14.0 Å². The number of nitrogens with one attached hydrogen (secondary N) is 2. The number of hydrogen-bond acceptors (Lipinski definition) is 5. The molecule has 1 rings (SSSR count). The summed E-state index contributed by atoms with van der Waals surface area (Å²) in [6, 6.07) is 1.34. The molecule has 0 aromatic carbocycles. The highest BCUT2D eigenvalue weighted by molar-refractivity contribution is 7.99. The highest BCUT2D eigenvalue weighted by Crippen LogP contribution is 2.25. The minimum absolute atomic E-state index is 0.00380. The van der Waals surface area contributed by atoms with Gasteiger partial charge in [0.1, 0.15) is 5.54 Å². The number of carboxylic acids is 1. The second kappa shape index (κ2) is 6.01. The molecule has 0 spiro atoms. The van der Waals surface area contributed by atoms with Gasteiger partial charge in [0, 0.05) is 17.5 Å². The molecule has 7 heteroatoms. The van der Waals surface area contributed by atoms with Gasteiger partial charge < -0.3 is 15.4 Å². The Hall–Kier alpha value is -1.34. The topological polar surface area (TPSA) is 95.1 Å². The van der Waals surface area contributed by atoms with E-state index in [4.69, 9.17) is 5.11 Å². The summed E-state index contributed by atoms with van der Waals surface area (Å²) in [6.07, 6.45) is 1.85. The van der Waals surface area contributed by atoms with Gasteiger partial charge in [-0.3, -0.25) is 9.59 Å². The monoisotopic (exact) mass is 271 g/mol. The molecule has 0 radical (unpaired) electrons. The van der Waals surface area contributed by atoms with Gasteiger partial charge >= 0.3 is 5.97 Å². The first-order valence-electron chi connectivity index (χ1n) is 5.51. The average molecular weight is 271 g/mol. The first kappa shape index (κ1) is 14.7. The van der Waals surface area contributed by atoms with E-state index in [2.05, 4.69) is 15.3 Å². The van der Waals surface area contributed by atoms with Crippen LogP contribution < -0.4 is 10.9 Å². The molecule has 0 saturated carbocycles. The van der Waals surface area contributed by atoms with Crippen LogP contribution in [0.15, 0.2) is 22.2 Å². The molecule has 0 saturated heterocycles. The summed E-state index contributed by atoms with van der Waals surface area (Å²) in [5, 5.41) is 12.4. The van der Waals surface area contributed by atoms with Crippen molar-refractivity contribution in [2.24, 2.45) is 0 Å². The second-order valence-electron chi connectivity index (χ2n) is 4.26. The Kier molecular flexibility index (Phi) is 4.92. The summed E-state index contributed by atoms with van der Waals surface area (Å²) in [4.78, 5) is 28.9. The van der Waals surface area contributed by atoms with Gasteiger partial charge in [-0.05, 0) is 20.4 Å². The van der Waals surface area contributed by atoms with Crippen LogP contribution in [0.2, 0.25) is 0 Å². The van der Waals surface area contributed by atoms with Gasteiger partial charge in [-0.2, -0.15) is 0 Å². The highest BCUT2D eigenvalue weighted by Gasteiger charge is 2.33. The lowest BCUT2D eigenvalue weighted by molar-refractivity contribution is -0.144. The van der Waals surface area contributed by atoms with E-state index < -0.39 is 11.5 Å². The number of nitrogens with zero attached hydrogens (tertiary/aromatic N) is 1. The van der Waals surface area contributed by atoms with E-state index >= 15 is 0 Å². The van der Waals surface area contributed by atoms with Gasteiger partial charge in [-0.25, -0.2) is 4.98 Å². The fraction of sp³-hybridized carbons (Fsp3) is 0.545. The Labute approximate surface area is 109 Å². The second-order valence-corrected chi connectivity index (χ2v) is 5.69. The number of likely N-dealkylation sites (N-methyl/N-ethyl adjacent to an activating group) is 1. The molecule has 2 atom stereocenters. The minimum Gasteiger partial charge on any atom is -0.480 e. The molecule has 6 nitrogen and oxygen atoms in total. The Bertz CT molecular complexity index is 477. The normalized spacial score (nSPS) is 15.9. The number of carboxylic acid groups (broad SMARTS) is 1. The van der Waals surface area contributed by atoms with Crippen LogP contribution in [-0.4, -0.2) is 38.9 Å². The Balaban J connectivity index is 2.69. The molecule has 1 aromatic heterocycles. The molecule has 0 aliphatic carbocycles. The first-order valence-corrected chi connectivity index (χ1v) is 6.39. The zero-order valence-electron chi connectivity index (χ0n) is 10.6. The number of H-pyrrole nitrogens is 1. The standard InChI is InChI=1S/C11H17N3O3S/c1-7(6-11(2,12-3)9(16)17)18-10-13-5-4-8(15)14-10/h4-5,7,12H,6H2,1-3H3,(H,16,17)(H,13,14,15). The van der Waals surface area contributed by atoms with Gasteiger partial charge in [0.05, 0.1) is 0 Å². The highest BCUT2D eigenvalue weighted by atomic mass is 32.2. The average Bonchev–Trinajstić information content (AvgIpc) is 2.28. The summed E-state index contributed by atoms with van der Waals surface area (Å²) in [6.45, 7) is 3.53. The molecule has 1 aromatic rings. The first-order chi connectivity index (χ1) is 8.37. The van der Waals surface area contributed by atoms with Gasteiger partial charge in [-0.1, -0.05) is 18.7 Å². The van der Waals surface area contributed by atoms with Crippen molar-refractivity contribution in [1.82, 2.24) is 15.3 Å². The number of rotatable bonds is 6. The molecule has 3 N–H and O–H groups in total. The van der Waals surface area contributed by atoms with E-state index in [1.807, 2.05) is 6.92 Å². The lowest BCUT2D eigenvalue weighted by Gasteiger charge is -2.26. The molecule has 100 valence electrons. The molecular formula is C11H17N3O3S. The lowest BCUT2D eigenvalue weighted by atomic mass is 9.97. The number of aromatic nitrogens is 2. The summed E-state index contributed by atoms with van der Waals surface area (Å²) >= 11 is 1.35. The van der Waals surface area contributed by atoms with Gasteiger partial charge in [0.15, 0.2) is 5.16 Å². The minimum atomic E-state index is -0.985. The number of carbonyl (C=O) groups is 1. The Morgan fingerprint density at radius 2 is 2.39 bits per heavy atom. The fourth-order valence-electron chi connectivity index (χ4n) is 1.52. The quantitative estimate of drug-likeness (QED) is 0.521. The van der Waals surface area contributed by atoms with Crippen molar-refractivity contribution in [2.45, 2.75) is 36.2 Å². The van der Waals surface area contributed by atoms with Crippen LogP contribution >= 0.6 is 11.8 Å². The van der Waals surface area contributed by atoms with Crippen LogP contribution in [0.1, 0.15) is 20.3 Å².